The molecule has 0 saturated heterocycles. The molecule has 3 rings (SSSR count). The highest BCUT2D eigenvalue weighted by molar-refractivity contribution is 6.02. The molecule has 0 fully saturated rings. The zero-order valence-electron chi connectivity index (χ0n) is 11.8. The maximum absolute atomic E-state index is 11.4. The van der Waals surface area contributed by atoms with Crippen molar-refractivity contribution in [3.63, 3.8) is 0 Å². The summed E-state index contributed by atoms with van der Waals surface area (Å²) < 4.78 is 1.96. The third-order valence-electron chi connectivity index (χ3n) is 3.40. The summed E-state index contributed by atoms with van der Waals surface area (Å²) in [7, 11) is 1.69. The average Bonchev–Trinajstić information content (AvgIpc) is 3.03. The van der Waals surface area contributed by atoms with Crippen LogP contribution in [0, 0.1) is 0 Å². The number of hydrogen-bond acceptors (Lipinski definition) is 3. The molecule has 0 radical (unpaired) electrons. The number of amides is 1. The predicted octanol–water partition coefficient (Wildman–Crippen LogP) is 2.49. The molecule has 2 heterocycles. The third kappa shape index (κ3) is 3.08. The molecule has 5 heteroatoms. The van der Waals surface area contributed by atoms with E-state index in [9.17, 15) is 4.79 Å². The van der Waals surface area contributed by atoms with Gasteiger partial charge in [-0.15, -0.1) is 0 Å². The van der Waals surface area contributed by atoms with Crippen LogP contribution in [0.5, 0.6) is 0 Å². The van der Waals surface area contributed by atoms with Gasteiger partial charge in [0.05, 0.1) is 12.0 Å². The Hall–Kier alpha value is -2.69. The molecule has 1 aliphatic rings. The molecule has 0 N–H and O–H groups in total. The molecule has 0 saturated carbocycles. The van der Waals surface area contributed by atoms with Gasteiger partial charge >= 0.3 is 0 Å². The van der Waals surface area contributed by atoms with Gasteiger partial charge in [0.15, 0.2) is 0 Å². The van der Waals surface area contributed by atoms with Gasteiger partial charge in [0.2, 0.25) is 5.91 Å². The van der Waals surface area contributed by atoms with Gasteiger partial charge in [-0.05, 0) is 23.8 Å². The summed E-state index contributed by atoms with van der Waals surface area (Å²) in [6.07, 6.45) is 10.6. The number of hydrazone groups is 1. The van der Waals surface area contributed by atoms with E-state index < -0.39 is 0 Å². The van der Waals surface area contributed by atoms with Crippen molar-refractivity contribution in [2.45, 2.75) is 12.8 Å². The van der Waals surface area contributed by atoms with Crippen LogP contribution in [0.2, 0.25) is 0 Å². The summed E-state index contributed by atoms with van der Waals surface area (Å²) in [5.74, 6) is 0.0665. The van der Waals surface area contributed by atoms with Gasteiger partial charge in [-0.3, -0.25) is 4.79 Å². The molecule has 0 unspecified atom stereocenters. The Kier molecular flexibility index (Phi) is 3.64. The van der Waals surface area contributed by atoms with Crippen molar-refractivity contribution in [1.29, 1.82) is 0 Å². The molecular formula is C16H16N4O. The van der Waals surface area contributed by atoms with Gasteiger partial charge in [-0.2, -0.15) is 5.10 Å². The Morgan fingerprint density at radius 2 is 1.95 bits per heavy atom. The van der Waals surface area contributed by atoms with Gasteiger partial charge in [0.1, 0.15) is 0 Å². The number of hydrogen-bond donors (Lipinski definition) is 0. The van der Waals surface area contributed by atoms with Crippen molar-refractivity contribution in [3.8, 4) is 5.69 Å². The molecule has 106 valence electrons. The van der Waals surface area contributed by atoms with Gasteiger partial charge < -0.3 is 4.57 Å². The largest absolute Gasteiger partial charge is 0.306 e. The predicted molar refractivity (Wildman–Crippen MR) is 82.0 cm³/mol. The van der Waals surface area contributed by atoms with Gasteiger partial charge in [-0.25, -0.2) is 9.99 Å². The zero-order valence-corrected chi connectivity index (χ0v) is 11.8. The maximum Gasteiger partial charge on any atom is 0.242 e. The van der Waals surface area contributed by atoms with E-state index in [-0.39, 0.29) is 5.91 Å². The first-order chi connectivity index (χ1) is 10.2. The van der Waals surface area contributed by atoms with Crippen LogP contribution in [0.25, 0.3) is 11.8 Å². The van der Waals surface area contributed by atoms with Crippen LogP contribution in [0.3, 0.4) is 0 Å². The standard InChI is InChI=1S/C16H16N4O/c1-19-16(21)9-6-14(18-19)5-2-13-3-7-15(8-4-13)20-11-10-17-12-20/h2-5,7-8,10-12H,6,9H2,1H3. The fourth-order valence-corrected chi connectivity index (χ4v) is 2.17. The number of aromatic nitrogens is 2. The zero-order chi connectivity index (χ0) is 14.7. The van der Waals surface area contributed by atoms with Crippen molar-refractivity contribution >= 4 is 17.7 Å². The summed E-state index contributed by atoms with van der Waals surface area (Å²) >= 11 is 0. The third-order valence-corrected chi connectivity index (χ3v) is 3.40. The minimum atomic E-state index is 0.0665. The van der Waals surface area contributed by atoms with E-state index >= 15 is 0 Å². The van der Waals surface area contributed by atoms with Crippen molar-refractivity contribution in [3.05, 3.63) is 54.6 Å². The number of carbonyl (C=O) groups excluding carboxylic acids is 1. The van der Waals surface area contributed by atoms with Crippen LogP contribution < -0.4 is 0 Å². The molecule has 0 aliphatic carbocycles. The Bertz CT molecular complexity index is 684. The highest BCUT2D eigenvalue weighted by Crippen LogP contribution is 2.12. The second kappa shape index (κ2) is 5.75. The second-order valence-corrected chi connectivity index (χ2v) is 4.90. The Morgan fingerprint density at radius 1 is 1.14 bits per heavy atom. The lowest BCUT2D eigenvalue weighted by Crippen LogP contribution is -2.27. The topological polar surface area (TPSA) is 50.5 Å². The van der Waals surface area contributed by atoms with Gasteiger partial charge in [0.25, 0.3) is 0 Å². The summed E-state index contributed by atoms with van der Waals surface area (Å²) in [5.41, 5.74) is 3.10. The minimum absolute atomic E-state index is 0.0665. The SMILES string of the molecule is CN1N=C(C=Cc2ccc(-n3ccnc3)cc2)CCC1=O. The van der Waals surface area contributed by atoms with Gasteiger partial charge in [-0.1, -0.05) is 18.2 Å². The molecule has 0 atom stereocenters. The number of rotatable bonds is 3. The van der Waals surface area contributed by atoms with Crippen molar-refractivity contribution < 1.29 is 4.79 Å². The molecule has 1 aromatic heterocycles. The lowest BCUT2D eigenvalue weighted by Gasteiger charge is -2.17. The summed E-state index contributed by atoms with van der Waals surface area (Å²) in [6.45, 7) is 0. The first kappa shape index (κ1) is 13.3. The lowest BCUT2D eigenvalue weighted by atomic mass is 10.1. The Labute approximate surface area is 123 Å². The van der Waals surface area contributed by atoms with Crippen molar-refractivity contribution in [2.75, 3.05) is 7.05 Å². The molecule has 1 aliphatic heterocycles. The van der Waals surface area contributed by atoms with Crippen LogP contribution in [-0.4, -0.2) is 33.2 Å². The number of imidazole rings is 1. The van der Waals surface area contributed by atoms with Crippen LogP contribution in [0.15, 0.2) is 54.2 Å². The fraction of sp³-hybridized carbons (Fsp3) is 0.188. The monoisotopic (exact) mass is 280 g/mol. The van der Waals surface area contributed by atoms with E-state index in [0.29, 0.717) is 12.8 Å². The van der Waals surface area contributed by atoms with E-state index in [2.05, 4.69) is 10.1 Å². The van der Waals surface area contributed by atoms with E-state index in [1.165, 1.54) is 5.01 Å². The number of benzene rings is 1. The summed E-state index contributed by atoms with van der Waals surface area (Å²) in [6, 6.07) is 8.17. The summed E-state index contributed by atoms with van der Waals surface area (Å²) in [4.78, 5) is 15.4. The molecule has 2 aromatic rings. The minimum Gasteiger partial charge on any atom is -0.306 e. The van der Waals surface area contributed by atoms with Crippen LogP contribution >= 0.6 is 0 Å². The fourth-order valence-electron chi connectivity index (χ4n) is 2.17. The second-order valence-electron chi connectivity index (χ2n) is 4.90. The molecule has 1 aromatic carbocycles. The molecular weight excluding hydrogens is 264 g/mol. The molecule has 21 heavy (non-hydrogen) atoms. The lowest BCUT2D eigenvalue weighted by molar-refractivity contribution is -0.130. The normalized spacial score (nSPS) is 15.6. The first-order valence-corrected chi connectivity index (χ1v) is 6.83. The highest BCUT2D eigenvalue weighted by Gasteiger charge is 2.14. The van der Waals surface area contributed by atoms with E-state index in [0.717, 1.165) is 17.0 Å². The van der Waals surface area contributed by atoms with Gasteiger partial charge in [0, 0.05) is 38.0 Å². The number of nitrogens with zero attached hydrogens (tertiary/aromatic N) is 4. The molecule has 0 spiro atoms. The Balaban J connectivity index is 1.72. The van der Waals surface area contributed by atoms with E-state index in [1.54, 1.807) is 19.6 Å². The number of carbonyl (C=O) groups is 1. The highest BCUT2D eigenvalue weighted by atomic mass is 16.2. The number of allylic oxidation sites excluding steroid dienone is 1. The van der Waals surface area contributed by atoms with E-state index in [4.69, 9.17) is 0 Å². The molecule has 1 amide bonds. The quantitative estimate of drug-likeness (QED) is 0.867. The van der Waals surface area contributed by atoms with Crippen molar-refractivity contribution in [1.82, 2.24) is 14.6 Å². The van der Waals surface area contributed by atoms with E-state index in [1.807, 2.05) is 47.2 Å². The maximum atomic E-state index is 11.4. The Morgan fingerprint density at radius 3 is 2.62 bits per heavy atom. The first-order valence-electron chi connectivity index (χ1n) is 6.83. The van der Waals surface area contributed by atoms with Crippen LogP contribution in [0.1, 0.15) is 18.4 Å². The van der Waals surface area contributed by atoms with Crippen LogP contribution in [0.4, 0.5) is 0 Å². The molecule has 0 bridgehead atoms. The smallest absolute Gasteiger partial charge is 0.242 e. The van der Waals surface area contributed by atoms with Crippen molar-refractivity contribution in [2.24, 2.45) is 5.10 Å². The molecule has 5 nitrogen and oxygen atoms in total. The average molecular weight is 280 g/mol. The summed E-state index contributed by atoms with van der Waals surface area (Å²) in [5, 5.41) is 5.65. The van der Waals surface area contributed by atoms with Crippen LogP contribution in [-0.2, 0) is 4.79 Å².